The number of H-pyrrole nitrogens is 2. The third-order valence-electron chi connectivity index (χ3n) is 4.96. The number of hydrogen-bond acceptors (Lipinski definition) is 10. The van der Waals surface area contributed by atoms with Crippen molar-refractivity contribution in [3.63, 3.8) is 0 Å². The van der Waals surface area contributed by atoms with Gasteiger partial charge in [0, 0.05) is 23.6 Å². The van der Waals surface area contributed by atoms with Crippen LogP contribution < -0.4 is 34.0 Å². The molecule has 12 heteroatoms. The van der Waals surface area contributed by atoms with Crippen LogP contribution in [0.2, 0.25) is 0 Å². The number of aliphatic imine (C=N–C) groups is 2. The molecule has 0 radical (unpaired) electrons. The van der Waals surface area contributed by atoms with E-state index in [4.69, 9.17) is 40.6 Å². The highest BCUT2D eigenvalue weighted by molar-refractivity contribution is 7.71. The van der Waals surface area contributed by atoms with Gasteiger partial charge in [-0.25, -0.2) is 9.98 Å². The zero-order chi connectivity index (χ0) is 26.2. The van der Waals surface area contributed by atoms with Gasteiger partial charge in [0.05, 0.1) is 42.7 Å². The van der Waals surface area contributed by atoms with E-state index in [0.29, 0.717) is 45.6 Å². The molecule has 0 bridgehead atoms. The minimum Gasteiger partial charge on any atom is -0.493 e. The molecule has 0 saturated carbocycles. The van der Waals surface area contributed by atoms with Crippen molar-refractivity contribution in [3.05, 3.63) is 50.5 Å². The first-order chi connectivity index (χ1) is 17.4. The van der Waals surface area contributed by atoms with Crippen LogP contribution in [0, 0.1) is 4.77 Å². The summed E-state index contributed by atoms with van der Waals surface area (Å²) in [6.07, 6.45) is 2.99. The molecule has 0 atom stereocenters. The van der Waals surface area contributed by atoms with Gasteiger partial charge in [-0.3, -0.25) is 9.78 Å². The van der Waals surface area contributed by atoms with Gasteiger partial charge in [0.2, 0.25) is 11.5 Å². The van der Waals surface area contributed by atoms with Gasteiger partial charge in [0.25, 0.3) is 5.56 Å². The SMILES string of the molecule is COc1cc(C=Nc2c(/N=C/c3cc(OC)c(OC)c(OC)c3)[nH]c(=S)[nH]c2=O)cc(OC)c1OC. The van der Waals surface area contributed by atoms with Crippen LogP contribution in [-0.2, 0) is 0 Å². The van der Waals surface area contributed by atoms with E-state index in [1.165, 1.54) is 55.1 Å². The lowest BCUT2D eigenvalue weighted by atomic mass is 10.2. The molecule has 0 saturated heterocycles. The summed E-state index contributed by atoms with van der Waals surface area (Å²) in [6.45, 7) is 0. The van der Waals surface area contributed by atoms with Crippen molar-refractivity contribution in [2.75, 3.05) is 42.7 Å². The molecule has 0 aliphatic rings. The molecule has 1 heterocycles. The first-order valence-corrected chi connectivity index (χ1v) is 10.8. The Morgan fingerprint density at radius 1 is 0.667 bits per heavy atom. The number of ether oxygens (including phenoxy) is 6. The molecule has 3 rings (SSSR count). The molecule has 0 amide bonds. The Balaban J connectivity index is 2.05. The lowest BCUT2D eigenvalue weighted by Gasteiger charge is -2.12. The lowest BCUT2D eigenvalue weighted by molar-refractivity contribution is 0.324. The van der Waals surface area contributed by atoms with Crippen molar-refractivity contribution in [1.82, 2.24) is 9.97 Å². The third kappa shape index (κ3) is 5.66. The summed E-state index contributed by atoms with van der Waals surface area (Å²) in [5, 5.41) is 0. The number of aromatic amines is 2. The average molecular weight is 515 g/mol. The van der Waals surface area contributed by atoms with E-state index < -0.39 is 5.56 Å². The molecular formula is C24H26N4O7S. The third-order valence-corrected chi connectivity index (χ3v) is 5.16. The predicted octanol–water partition coefficient (Wildman–Crippen LogP) is 3.99. The molecule has 0 aliphatic heterocycles. The second-order valence-electron chi connectivity index (χ2n) is 7.04. The van der Waals surface area contributed by atoms with Gasteiger partial charge >= 0.3 is 0 Å². The number of rotatable bonds is 10. The molecule has 36 heavy (non-hydrogen) atoms. The highest BCUT2D eigenvalue weighted by Gasteiger charge is 2.14. The van der Waals surface area contributed by atoms with Gasteiger partial charge in [-0.2, -0.15) is 0 Å². The summed E-state index contributed by atoms with van der Waals surface area (Å²) in [6, 6.07) is 6.82. The molecule has 0 spiro atoms. The van der Waals surface area contributed by atoms with Crippen LogP contribution in [0.3, 0.4) is 0 Å². The summed E-state index contributed by atoms with van der Waals surface area (Å²) in [5.41, 5.74) is 0.732. The zero-order valence-corrected chi connectivity index (χ0v) is 21.4. The normalized spacial score (nSPS) is 11.1. The van der Waals surface area contributed by atoms with Gasteiger partial charge in [-0.05, 0) is 36.5 Å². The molecule has 11 nitrogen and oxygen atoms in total. The number of methoxy groups -OCH3 is 6. The molecule has 190 valence electrons. The largest absolute Gasteiger partial charge is 0.493 e. The summed E-state index contributed by atoms with van der Waals surface area (Å²) >= 11 is 5.12. The minimum absolute atomic E-state index is 0.0149. The summed E-state index contributed by atoms with van der Waals surface area (Å²) in [7, 11) is 9.08. The fraction of sp³-hybridized carbons (Fsp3) is 0.250. The van der Waals surface area contributed by atoms with Crippen molar-refractivity contribution in [2.45, 2.75) is 0 Å². The van der Waals surface area contributed by atoms with Gasteiger partial charge in [-0.15, -0.1) is 0 Å². The van der Waals surface area contributed by atoms with Crippen LogP contribution in [-0.4, -0.2) is 65.1 Å². The van der Waals surface area contributed by atoms with E-state index in [2.05, 4.69) is 20.0 Å². The maximum absolute atomic E-state index is 12.7. The van der Waals surface area contributed by atoms with Gasteiger partial charge in [0.1, 0.15) is 0 Å². The molecule has 0 fully saturated rings. The van der Waals surface area contributed by atoms with Crippen LogP contribution in [0.5, 0.6) is 34.5 Å². The zero-order valence-electron chi connectivity index (χ0n) is 20.6. The molecule has 2 aromatic carbocycles. The van der Waals surface area contributed by atoms with E-state index in [1.54, 1.807) is 24.3 Å². The van der Waals surface area contributed by atoms with E-state index >= 15 is 0 Å². The van der Waals surface area contributed by atoms with Crippen molar-refractivity contribution >= 4 is 36.2 Å². The molecule has 3 aromatic rings. The van der Waals surface area contributed by atoms with Crippen molar-refractivity contribution in [2.24, 2.45) is 9.98 Å². The standard InChI is InChI=1S/C24H26N4O7S/c1-30-15-7-13(8-16(31-2)20(15)34-5)11-25-19-22(27-24(36)28-23(19)29)26-12-14-9-17(32-3)21(35-6)18(10-14)33-4/h7-12H,1-6H3,(H2,27,28,29,36)/b25-11?,26-12+. The monoisotopic (exact) mass is 514 g/mol. The lowest BCUT2D eigenvalue weighted by Crippen LogP contribution is -2.07. The molecular weight excluding hydrogens is 488 g/mol. The Hall–Kier alpha value is -4.32. The smallest absolute Gasteiger partial charge is 0.279 e. The topological polar surface area (TPSA) is 129 Å². The maximum atomic E-state index is 12.7. The first kappa shape index (κ1) is 26.3. The van der Waals surface area contributed by atoms with Crippen LogP contribution in [0.15, 0.2) is 39.0 Å². The number of nitrogens with one attached hydrogen (secondary N) is 2. The Morgan fingerprint density at radius 3 is 1.47 bits per heavy atom. The fourth-order valence-corrected chi connectivity index (χ4v) is 3.50. The second kappa shape index (κ2) is 11.9. The van der Waals surface area contributed by atoms with Crippen molar-refractivity contribution in [1.29, 1.82) is 0 Å². The maximum Gasteiger partial charge on any atom is 0.279 e. The predicted molar refractivity (Wildman–Crippen MR) is 139 cm³/mol. The van der Waals surface area contributed by atoms with Crippen molar-refractivity contribution in [3.8, 4) is 34.5 Å². The van der Waals surface area contributed by atoms with Crippen LogP contribution in [0.25, 0.3) is 0 Å². The Labute approximate surface area is 212 Å². The quantitative estimate of drug-likeness (QED) is 0.307. The van der Waals surface area contributed by atoms with Gasteiger partial charge in [0.15, 0.2) is 39.3 Å². The van der Waals surface area contributed by atoms with Crippen LogP contribution >= 0.6 is 12.2 Å². The second-order valence-corrected chi connectivity index (χ2v) is 7.45. The van der Waals surface area contributed by atoms with Gasteiger partial charge in [-0.1, -0.05) is 0 Å². The molecule has 0 aliphatic carbocycles. The average Bonchev–Trinajstić information content (AvgIpc) is 2.89. The molecule has 0 unspecified atom stereocenters. The summed E-state index contributed by atoms with van der Waals surface area (Å²) in [4.78, 5) is 26.8. The Morgan fingerprint density at radius 2 is 1.08 bits per heavy atom. The fourth-order valence-electron chi connectivity index (χ4n) is 3.31. The van der Waals surface area contributed by atoms with E-state index in [0.717, 1.165) is 0 Å². The van der Waals surface area contributed by atoms with Crippen molar-refractivity contribution < 1.29 is 28.4 Å². The Kier molecular flexibility index (Phi) is 8.68. The highest BCUT2D eigenvalue weighted by Crippen LogP contribution is 2.39. The number of benzene rings is 2. The van der Waals surface area contributed by atoms with E-state index in [-0.39, 0.29) is 16.3 Å². The van der Waals surface area contributed by atoms with Crippen LogP contribution in [0.4, 0.5) is 11.5 Å². The highest BCUT2D eigenvalue weighted by atomic mass is 32.1. The van der Waals surface area contributed by atoms with Gasteiger partial charge < -0.3 is 33.4 Å². The first-order valence-electron chi connectivity index (χ1n) is 10.4. The summed E-state index contributed by atoms with van der Waals surface area (Å²) < 4.78 is 32.3. The minimum atomic E-state index is -0.514. The van der Waals surface area contributed by atoms with E-state index in [1.807, 2.05) is 0 Å². The Bertz CT molecular complexity index is 1360. The number of nitrogens with zero attached hydrogens (tertiary/aromatic N) is 2. The molecule has 2 N–H and O–H groups in total. The van der Waals surface area contributed by atoms with E-state index in [9.17, 15) is 4.79 Å². The van der Waals surface area contributed by atoms with Crippen LogP contribution in [0.1, 0.15) is 11.1 Å². The number of aromatic nitrogens is 2. The number of hydrogen-bond donors (Lipinski definition) is 2. The summed E-state index contributed by atoms with van der Waals surface area (Å²) in [5.74, 6) is 2.84. The molecule has 1 aromatic heterocycles.